The Morgan fingerprint density at radius 2 is 1.74 bits per heavy atom. The maximum absolute atomic E-state index is 13.9. The van der Waals surface area contributed by atoms with E-state index in [4.69, 9.17) is 0 Å². The van der Waals surface area contributed by atoms with E-state index in [0.29, 0.717) is 31.7 Å². The first-order chi connectivity index (χ1) is 9.02. The second kappa shape index (κ2) is 5.38. The summed E-state index contributed by atoms with van der Waals surface area (Å²) in [7, 11) is 0. The smallest absolute Gasteiger partial charge is 0.219 e. The van der Waals surface area contributed by atoms with Gasteiger partial charge < -0.3 is 9.80 Å². The van der Waals surface area contributed by atoms with Crippen LogP contribution in [-0.4, -0.2) is 37.0 Å². The molecule has 0 unspecified atom stereocenters. The summed E-state index contributed by atoms with van der Waals surface area (Å²) >= 11 is 0. The van der Waals surface area contributed by atoms with Crippen LogP contribution in [0.1, 0.15) is 12.5 Å². The molecule has 2 rings (SSSR count). The molecule has 19 heavy (non-hydrogen) atoms. The maximum atomic E-state index is 13.9. The fourth-order valence-corrected chi connectivity index (χ4v) is 2.25. The van der Waals surface area contributed by atoms with Gasteiger partial charge in [-0.05, 0) is 17.7 Å². The predicted molar refractivity (Wildman–Crippen MR) is 70.9 cm³/mol. The molecule has 1 saturated heterocycles. The third-order valence-electron chi connectivity index (χ3n) is 3.32. The number of amides is 1. The molecular weight excluding hydrogens is 250 g/mol. The number of rotatable bonds is 2. The Balaban J connectivity index is 2.20. The normalized spacial score (nSPS) is 15.5. The van der Waals surface area contributed by atoms with E-state index in [1.807, 2.05) is 0 Å². The van der Waals surface area contributed by atoms with Crippen molar-refractivity contribution in [2.24, 2.45) is 0 Å². The lowest BCUT2D eigenvalue weighted by molar-refractivity contribution is -0.129. The van der Waals surface area contributed by atoms with E-state index in [0.717, 1.165) is 0 Å². The highest BCUT2D eigenvalue weighted by molar-refractivity contribution is 5.73. The Kier molecular flexibility index (Phi) is 3.83. The molecule has 0 radical (unpaired) electrons. The zero-order chi connectivity index (χ0) is 14.0. The monoisotopic (exact) mass is 266 g/mol. The topological polar surface area (TPSA) is 23.6 Å². The molecule has 1 aromatic rings. The van der Waals surface area contributed by atoms with Gasteiger partial charge >= 0.3 is 0 Å². The minimum absolute atomic E-state index is 0.0115. The summed E-state index contributed by atoms with van der Waals surface area (Å²) in [6, 6.07) is 2.53. The molecule has 0 N–H and O–H groups in total. The minimum Gasteiger partial charge on any atom is -0.363 e. The molecule has 1 fully saturated rings. The summed E-state index contributed by atoms with van der Waals surface area (Å²) < 4.78 is 27.9. The van der Waals surface area contributed by atoms with Crippen molar-refractivity contribution >= 4 is 17.7 Å². The molecule has 0 saturated carbocycles. The van der Waals surface area contributed by atoms with Crippen LogP contribution < -0.4 is 4.90 Å². The first-order valence-corrected chi connectivity index (χ1v) is 6.15. The number of benzene rings is 1. The molecule has 0 aromatic heterocycles. The Labute approximate surface area is 111 Å². The van der Waals surface area contributed by atoms with E-state index >= 15 is 0 Å². The van der Waals surface area contributed by atoms with E-state index in [2.05, 4.69) is 6.58 Å². The van der Waals surface area contributed by atoms with Crippen LogP contribution in [0.3, 0.4) is 0 Å². The van der Waals surface area contributed by atoms with Crippen LogP contribution in [0.2, 0.25) is 0 Å². The summed E-state index contributed by atoms with van der Waals surface area (Å²) in [6.45, 7) is 6.82. The van der Waals surface area contributed by atoms with Gasteiger partial charge in [0.25, 0.3) is 0 Å². The molecule has 0 spiro atoms. The number of carbonyl (C=O) groups excluding carboxylic acids is 1. The van der Waals surface area contributed by atoms with Crippen molar-refractivity contribution in [3.8, 4) is 0 Å². The van der Waals surface area contributed by atoms with E-state index in [9.17, 15) is 13.6 Å². The number of halogens is 2. The Morgan fingerprint density at radius 3 is 2.16 bits per heavy atom. The van der Waals surface area contributed by atoms with E-state index in [-0.39, 0.29) is 11.6 Å². The lowest BCUT2D eigenvalue weighted by Crippen LogP contribution is -2.48. The summed E-state index contributed by atoms with van der Waals surface area (Å²) in [5.74, 6) is -1.19. The average molecular weight is 266 g/mol. The minimum atomic E-state index is -0.592. The molecular formula is C14H16F2N2O. The van der Waals surface area contributed by atoms with Crippen LogP contribution in [0.5, 0.6) is 0 Å². The lowest BCUT2D eigenvalue weighted by Gasteiger charge is -2.35. The van der Waals surface area contributed by atoms with Crippen LogP contribution >= 0.6 is 0 Å². The second-order valence-electron chi connectivity index (χ2n) is 4.53. The Morgan fingerprint density at radius 1 is 1.21 bits per heavy atom. The molecule has 1 amide bonds. The van der Waals surface area contributed by atoms with Crippen molar-refractivity contribution in [2.75, 3.05) is 31.1 Å². The number of anilines is 1. The van der Waals surface area contributed by atoms with Gasteiger partial charge in [-0.2, -0.15) is 0 Å². The van der Waals surface area contributed by atoms with Crippen LogP contribution in [0.15, 0.2) is 18.7 Å². The SMILES string of the molecule is C=Cc1cc(F)c(N2CCN(C(C)=O)CC2)c(F)c1. The van der Waals surface area contributed by atoms with E-state index < -0.39 is 11.6 Å². The van der Waals surface area contributed by atoms with Gasteiger partial charge in [-0.25, -0.2) is 8.78 Å². The molecule has 0 aliphatic carbocycles. The van der Waals surface area contributed by atoms with Crippen LogP contribution in [0.4, 0.5) is 14.5 Å². The summed E-state index contributed by atoms with van der Waals surface area (Å²) in [4.78, 5) is 14.5. The highest BCUT2D eigenvalue weighted by Gasteiger charge is 2.23. The lowest BCUT2D eigenvalue weighted by atomic mass is 10.1. The number of carbonyl (C=O) groups is 1. The molecule has 1 heterocycles. The number of nitrogens with zero attached hydrogens (tertiary/aromatic N) is 2. The van der Waals surface area contributed by atoms with Crippen molar-refractivity contribution in [1.82, 2.24) is 4.90 Å². The van der Waals surface area contributed by atoms with Crippen molar-refractivity contribution < 1.29 is 13.6 Å². The first kappa shape index (κ1) is 13.5. The van der Waals surface area contributed by atoms with Crippen LogP contribution in [0.25, 0.3) is 6.08 Å². The van der Waals surface area contributed by atoms with Gasteiger partial charge in [0.1, 0.15) is 17.3 Å². The molecule has 102 valence electrons. The zero-order valence-corrected chi connectivity index (χ0v) is 10.8. The quantitative estimate of drug-likeness (QED) is 0.820. The predicted octanol–water partition coefficient (Wildman–Crippen LogP) is 2.28. The highest BCUT2D eigenvalue weighted by Crippen LogP contribution is 2.26. The molecule has 1 aliphatic rings. The van der Waals surface area contributed by atoms with Crippen molar-refractivity contribution in [1.29, 1.82) is 0 Å². The first-order valence-electron chi connectivity index (χ1n) is 6.15. The van der Waals surface area contributed by atoms with Crippen molar-refractivity contribution in [3.05, 3.63) is 35.9 Å². The molecule has 0 atom stereocenters. The van der Waals surface area contributed by atoms with Gasteiger partial charge in [0, 0.05) is 33.1 Å². The van der Waals surface area contributed by atoms with Crippen molar-refractivity contribution in [2.45, 2.75) is 6.92 Å². The van der Waals surface area contributed by atoms with Crippen LogP contribution in [-0.2, 0) is 4.79 Å². The number of hydrogen-bond donors (Lipinski definition) is 0. The maximum Gasteiger partial charge on any atom is 0.219 e. The van der Waals surface area contributed by atoms with Gasteiger partial charge in [-0.3, -0.25) is 4.79 Å². The van der Waals surface area contributed by atoms with E-state index in [1.165, 1.54) is 25.1 Å². The van der Waals surface area contributed by atoms with Crippen LogP contribution in [0, 0.1) is 11.6 Å². The molecule has 3 nitrogen and oxygen atoms in total. The highest BCUT2D eigenvalue weighted by atomic mass is 19.1. The molecule has 1 aliphatic heterocycles. The summed E-state index contributed by atoms with van der Waals surface area (Å²) in [5, 5.41) is 0. The number of hydrogen-bond acceptors (Lipinski definition) is 2. The van der Waals surface area contributed by atoms with Gasteiger partial charge in [0.05, 0.1) is 0 Å². The fourth-order valence-electron chi connectivity index (χ4n) is 2.25. The number of piperazine rings is 1. The van der Waals surface area contributed by atoms with Crippen molar-refractivity contribution in [3.63, 3.8) is 0 Å². The third kappa shape index (κ3) is 2.75. The second-order valence-corrected chi connectivity index (χ2v) is 4.53. The van der Waals surface area contributed by atoms with Gasteiger partial charge in [-0.1, -0.05) is 12.7 Å². The Bertz CT molecular complexity index is 485. The molecule has 1 aromatic carbocycles. The zero-order valence-electron chi connectivity index (χ0n) is 10.8. The molecule has 5 heteroatoms. The van der Waals surface area contributed by atoms with Gasteiger partial charge in [0.15, 0.2) is 0 Å². The molecule has 0 bridgehead atoms. The van der Waals surface area contributed by atoms with Gasteiger partial charge in [-0.15, -0.1) is 0 Å². The Hall–Kier alpha value is -1.91. The summed E-state index contributed by atoms with van der Waals surface area (Å²) in [5.41, 5.74) is 0.398. The third-order valence-corrected chi connectivity index (χ3v) is 3.32. The van der Waals surface area contributed by atoms with Gasteiger partial charge in [0.2, 0.25) is 5.91 Å². The van der Waals surface area contributed by atoms with E-state index in [1.54, 1.807) is 9.80 Å². The largest absolute Gasteiger partial charge is 0.363 e. The fraction of sp³-hybridized carbons (Fsp3) is 0.357. The summed E-state index contributed by atoms with van der Waals surface area (Å²) in [6.07, 6.45) is 1.41. The average Bonchev–Trinajstić information content (AvgIpc) is 2.38. The standard InChI is InChI=1S/C14H16F2N2O/c1-3-11-8-12(15)14(13(16)9-11)18-6-4-17(5-7-18)10(2)19/h3,8-9H,1,4-7H2,2H3.